The number of aliphatic hydroxyl groups excluding tert-OH is 1. The molecular formula is C12H22O4. The fourth-order valence-electron chi connectivity index (χ4n) is 2.25. The van der Waals surface area contributed by atoms with E-state index < -0.39 is 0 Å². The summed E-state index contributed by atoms with van der Waals surface area (Å²) >= 11 is 0. The Bertz CT molecular complexity index is 185. The van der Waals surface area contributed by atoms with Crippen LogP contribution in [0.1, 0.15) is 25.7 Å². The molecule has 3 atom stereocenters. The van der Waals surface area contributed by atoms with E-state index in [4.69, 9.17) is 14.2 Å². The minimum Gasteiger partial charge on any atom is -0.390 e. The van der Waals surface area contributed by atoms with Crippen molar-refractivity contribution >= 4 is 0 Å². The van der Waals surface area contributed by atoms with Crippen molar-refractivity contribution in [1.82, 2.24) is 0 Å². The number of hydrogen-bond acceptors (Lipinski definition) is 4. The zero-order valence-corrected chi connectivity index (χ0v) is 9.77. The van der Waals surface area contributed by atoms with Gasteiger partial charge < -0.3 is 19.3 Å². The van der Waals surface area contributed by atoms with Crippen LogP contribution < -0.4 is 0 Å². The molecule has 2 aliphatic rings. The summed E-state index contributed by atoms with van der Waals surface area (Å²) in [7, 11) is 0. The molecule has 0 aromatic carbocycles. The fraction of sp³-hybridized carbons (Fsp3) is 1.00. The normalized spacial score (nSPS) is 32.8. The van der Waals surface area contributed by atoms with Crippen molar-refractivity contribution in [2.45, 2.75) is 37.9 Å². The molecule has 1 N–H and O–H groups in total. The lowest BCUT2D eigenvalue weighted by atomic mass is 10.0. The molecule has 0 aromatic heterocycles. The lowest BCUT2D eigenvalue weighted by molar-refractivity contribution is -0.0652. The van der Waals surface area contributed by atoms with Gasteiger partial charge in [0.05, 0.1) is 32.0 Å². The number of ether oxygens (including phenoxy) is 3. The predicted molar refractivity (Wildman–Crippen MR) is 59.3 cm³/mol. The summed E-state index contributed by atoms with van der Waals surface area (Å²) in [5.41, 5.74) is 0. The Morgan fingerprint density at radius 2 is 2.19 bits per heavy atom. The first-order valence-corrected chi connectivity index (χ1v) is 6.31. The molecule has 2 rings (SSSR count). The molecule has 0 amide bonds. The molecule has 0 bridgehead atoms. The minimum absolute atomic E-state index is 0.237. The van der Waals surface area contributed by atoms with Gasteiger partial charge in [0.2, 0.25) is 0 Å². The Morgan fingerprint density at radius 3 is 2.88 bits per heavy atom. The van der Waals surface area contributed by atoms with E-state index in [0.29, 0.717) is 19.8 Å². The second kappa shape index (κ2) is 6.55. The Morgan fingerprint density at radius 1 is 1.25 bits per heavy atom. The van der Waals surface area contributed by atoms with Crippen LogP contribution in [0.5, 0.6) is 0 Å². The molecule has 16 heavy (non-hydrogen) atoms. The number of aliphatic hydroxyl groups is 1. The van der Waals surface area contributed by atoms with Crippen LogP contribution in [-0.4, -0.2) is 50.3 Å². The Kier molecular flexibility index (Phi) is 5.03. The molecule has 0 aliphatic carbocycles. The topological polar surface area (TPSA) is 47.9 Å². The molecule has 3 unspecified atom stereocenters. The van der Waals surface area contributed by atoms with Gasteiger partial charge in [0.1, 0.15) is 0 Å². The number of hydrogen-bond donors (Lipinski definition) is 1. The van der Waals surface area contributed by atoms with Crippen LogP contribution in [0.25, 0.3) is 0 Å². The van der Waals surface area contributed by atoms with Gasteiger partial charge >= 0.3 is 0 Å². The van der Waals surface area contributed by atoms with Crippen molar-refractivity contribution in [3.05, 3.63) is 0 Å². The van der Waals surface area contributed by atoms with Crippen LogP contribution in [0.15, 0.2) is 0 Å². The van der Waals surface area contributed by atoms with Crippen molar-refractivity contribution in [2.24, 2.45) is 5.92 Å². The average Bonchev–Trinajstić information content (AvgIpc) is 2.84. The molecule has 0 radical (unpaired) electrons. The largest absolute Gasteiger partial charge is 0.390 e. The second-order valence-corrected chi connectivity index (χ2v) is 4.72. The molecule has 2 aliphatic heterocycles. The monoisotopic (exact) mass is 230 g/mol. The molecule has 94 valence electrons. The third-order valence-electron chi connectivity index (χ3n) is 3.38. The van der Waals surface area contributed by atoms with E-state index in [2.05, 4.69) is 0 Å². The van der Waals surface area contributed by atoms with Crippen LogP contribution in [0.4, 0.5) is 0 Å². The molecule has 4 nitrogen and oxygen atoms in total. The molecule has 2 heterocycles. The highest BCUT2D eigenvalue weighted by molar-refractivity contribution is 4.72. The standard InChI is InChI=1S/C12H22O4/c13-12(10-4-6-14-7-10)9-15-8-11-3-1-2-5-16-11/h10-13H,1-9H2. The van der Waals surface area contributed by atoms with Gasteiger partial charge in [0, 0.05) is 19.1 Å². The lowest BCUT2D eigenvalue weighted by Gasteiger charge is -2.23. The van der Waals surface area contributed by atoms with Crippen LogP contribution in [0.2, 0.25) is 0 Å². The summed E-state index contributed by atoms with van der Waals surface area (Å²) in [5, 5.41) is 9.83. The van der Waals surface area contributed by atoms with Gasteiger partial charge in [-0.3, -0.25) is 0 Å². The van der Waals surface area contributed by atoms with Crippen molar-refractivity contribution in [1.29, 1.82) is 0 Å². The molecule has 0 aromatic rings. The Balaban J connectivity index is 1.56. The molecule has 2 saturated heterocycles. The maximum atomic E-state index is 9.83. The highest BCUT2D eigenvalue weighted by atomic mass is 16.5. The SMILES string of the molecule is OC(COCC1CCCCO1)C1CCOC1. The van der Waals surface area contributed by atoms with E-state index >= 15 is 0 Å². The fourth-order valence-corrected chi connectivity index (χ4v) is 2.25. The lowest BCUT2D eigenvalue weighted by Crippen LogP contribution is -2.30. The van der Waals surface area contributed by atoms with E-state index in [1.807, 2.05) is 0 Å². The Labute approximate surface area is 96.9 Å². The summed E-state index contributed by atoms with van der Waals surface area (Å²) < 4.78 is 16.3. The summed E-state index contributed by atoms with van der Waals surface area (Å²) in [6, 6.07) is 0. The maximum Gasteiger partial charge on any atom is 0.0824 e. The van der Waals surface area contributed by atoms with E-state index in [0.717, 1.165) is 26.1 Å². The van der Waals surface area contributed by atoms with Crippen molar-refractivity contribution in [3.8, 4) is 0 Å². The molecular weight excluding hydrogens is 208 g/mol. The first-order chi connectivity index (χ1) is 7.86. The molecule has 4 heteroatoms. The second-order valence-electron chi connectivity index (χ2n) is 4.72. The van der Waals surface area contributed by atoms with Crippen molar-refractivity contribution < 1.29 is 19.3 Å². The molecule has 2 fully saturated rings. The maximum absolute atomic E-state index is 9.83. The van der Waals surface area contributed by atoms with Gasteiger partial charge in [-0.2, -0.15) is 0 Å². The summed E-state index contributed by atoms with van der Waals surface area (Å²) in [6.45, 7) is 3.32. The zero-order valence-electron chi connectivity index (χ0n) is 9.77. The molecule has 0 saturated carbocycles. The zero-order chi connectivity index (χ0) is 11.2. The van der Waals surface area contributed by atoms with Crippen molar-refractivity contribution in [3.63, 3.8) is 0 Å². The van der Waals surface area contributed by atoms with E-state index in [1.54, 1.807) is 0 Å². The third-order valence-corrected chi connectivity index (χ3v) is 3.38. The van der Waals surface area contributed by atoms with Crippen molar-refractivity contribution in [2.75, 3.05) is 33.0 Å². The highest BCUT2D eigenvalue weighted by Crippen LogP contribution is 2.17. The molecule has 0 spiro atoms. The van der Waals surface area contributed by atoms with Gasteiger partial charge in [0.15, 0.2) is 0 Å². The van der Waals surface area contributed by atoms with E-state index in [1.165, 1.54) is 12.8 Å². The van der Waals surface area contributed by atoms with E-state index in [-0.39, 0.29) is 18.1 Å². The first-order valence-electron chi connectivity index (χ1n) is 6.31. The Hall–Kier alpha value is -0.160. The quantitative estimate of drug-likeness (QED) is 0.764. The van der Waals surface area contributed by atoms with Crippen LogP contribution in [-0.2, 0) is 14.2 Å². The van der Waals surface area contributed by atoms with E-state index in [9.17, 15) is 5.11 Å². The van der Waals surface area contributed by atoms with Crippen LogP contribution >= 0.6 is 0 Å². The summed E-state index contributed by atoms with van der Waals surface area (Å²) in [4.78, 5) is 0. The summed E-state index contributed by atoms with van der Waals surface area (Å²) in [5.74, 6) is 0.257. The van der Waals surface area contributed by atoms with Gasteiger partial charge in [-0.15, -0.1) is 0 Å². The first kappa shape index (κ1) is 12.3. The third kappa shape index (κ3) is 3.70. The van der Waals surface area contributed by atoms with Gasteiger partial charge in [-0.25, -0.2) is 0 Å². The predicted octanol–water partition coefficient (Wildman–Crippen LogP) is 0.969. The summed E-state index contributed by atoms with van der Waals surface area (Å²) in [6.07, 6.45) is 4.28. The van der Waals surface area contributed by atoms with Crippen LogP contribution in [0.3, 0.4) is 0 Å². The van der Waals surface area contributed by atoms with Gasteiger partial charge in [-0.1, -0.05) is 0 Å². The van der Waals surface area contributed by atoms with Gasteiger partial charge in [-0.05, 0) is 25.7 Å². The van der Waals surface area contributed by atoms with Crippen LogP contribution in [0, 0.1) is 5.92 Å². The smallest absolute Gasteiger partial charge is 0.0824 e. The number of rotatable bonds is 5. The van der Waals surface area contributed by atoms with Gasteiger partial charge in [0.25, 0.3) is 0 Å². The minimum atomic E-state index is -0.383. The highest BCUT2D eigenvalue weighted by Gasteiger charge is 2.24. The average molecular weight is 230 g/mol.